The maximum absolute atomic E-state index is 13.0. The number of fused-ring (bicyclic) bond motifs is 1. The fourth-order valence-electron chi connectivity index (χ4n) is 4.10. The first-order valence-corrected chi connectivity index (χ1v) is 12.1. The summed E-state index contributed by atoms with van der Waals surface area (Å²) in [6.45, 7) is 5.11. The molecule has 4 aromatic rings. The predicted octanol–water partition coefficient (Wildman–Crippen LogP) is 5.57. The van der Waals surface area contributed by atoms with E-state index < -0.39 is 0 Å². The molecule has 2 aromatic heterocycles. The lowest BCUT2D eigenvalue weighted by molar-refractivity contribution is -0.130. The molecule has 0 spiro atoms. The molecule has 164 valence electrons. The van der Waals surface area contributed by atoms with Gasteiger partial charge in [-0.05, 0) is 36.8 Å². The molecule has 1 saturated heterocycles. The Morgan fingerprint density at radius 2 is 1.75 bits per heavy atom. The fourth-order valence-corrected chi connectivity index (χ4v) is 5.27. The monoisotopic (exact) mass is 484 g/mol. The van der Waals surface area contributed by atoms with Gasteiger partial charge in [-0.1, -0.05) is 41.4 Å². The number of hydrogen-bond donors (Lipinski definition) is 0. The van der Waals surface area contributed by atoms with Crippen LogP contribution >= 0.6 is 34.5 Å². The molecule has 0 unspecified atom stereocenters. The molecule has 2 aromatic carbocycles. The van der Waals surface area contributed by atoms with Crippen molar-refractivity contribution < 1.29 is 4.79 Å². The summed E-state index contributed by atoms with van der Waals surface area (Å²) in [5.41, 5.74) is 5.21. The van der Waals surface area contributed by atoms with E-state index in [1.807, 2.05) is 63.3 Å². The van der Waals surface area contributed by atoms with Crippen molar-refractivity contribution in [3.63, 3.8) is 0 Å². The molecule has 1 aliphatic heterocycles. The molecule has 0 aliphatic carbocycles. The number of nitrogens with zero attached hydrogens (tertiary/aromatic N) is 4. The average molecular weight is 485 g/mol. The zero-order valence-electron chi connectivity index (χ0n) is 17.6. The molecule has 32 heavy (non-hydrogen) atoms. The van der Waals surface area contributed by atoms with Gasteiger partial charge in [-0.15, -0.1) is 11.3 Å². The van der Waals surface area contributed by atoms with E-state index in [1.54, 1.807) is 11.3 Å². The van der Waals surface area contributed by atoms with Crippen LogP contribution in [0.25, 0.3) is 16.2 Å². The van der Waals surface area contributed by atoms with Crippen molar-refractivity contribution in [1.29, 1.82) is 0 Å². The second-order valence-corrected chi connectivity index (χ2v) is 9.70. The number of imidazole rings is 1. The molecule has 5 rings (SSSR count). The minimum Gasteiger partial charge on any atom is -0.368 e. The van der Waals surface area contributed by atoms with Crippen molar-refractivity contribution >= 4 is 51.1 Å². The van der Waals surface area contributed by atoms with E-state index >= 15 is 0 Å². The van der Waals surface area contributed by atoms with E-state index in [0.29, 0.717) is 24.5 Å². The minimum absolute atomic E-state index is 0.147. The maximum atomic E-state index is 13.0. The third-order valence-corrected chi connectivity index (χ3v) is 7.28. The van der Waals surface area contributed by atoms with Gasteiger partial charge in [0.25, 0.3) is 0 Å². The molecule has 1 amide bonds. The van der Waals surface area contributed by atoms with E-state index in [-0.39, 0.29) is 5.91 Å². The molecule has 0 atom stereocenters. The Kier molecular flexibility index (Phi) is 5.84. The first-order valence-electron chi connectivity index (χ1n) is 10.5. The van der Waals surface area contributed by atoms with Gasteiger partial charge in [-0.2, -0.15) is 0 Å². The molecular formula is C24H22Cl2N4OS. The Balaban J connectivity index is 1.26. The summed E-state index contributed by atoms with van der Waals surface area (Å²) >= 11 is 13.7. The Hall–Kier alpha value is -2.54. The van der Waals surface area contributed by atoms with Gasteiger partial charge in [0.05, 0.1) is 12.1 Å². The molecule has 3 heterocycles. The highest BCUT2D eigenvalue weighted by atomic mass is 35.5. The SMILES string of the molecule is Cc1ccc(Cl)cc1N1CCN(C(=O)Cc2csc3nc(-c4ccc(Cl)cc4)cn23)CC1. The van der Waals surface area contributed by atoms with E-state index in [0.717, 1.165) is 45.7 Å². The number of benzene rings is 2. The lowest BCUT2D eigenvalue weighted by atomic mass is 10.1. The predicted molar refractivity (Wildman–Crippen MR) is 132 cm³/mol. The number of thiazole rings is 1. The summed E-state index contributed by atoms with van der Waals surface area (Å²) in [6, 6.07) is 13.6. The van der Waals surface area contributed by atoms with Gasteiger partial charge >= 0.3 is 0 Å². The highest BCUT2D eigenvalue weighted by Crippen LogP contribution is 2.27. The fraction of sp³-hybridized carbons (Fsp3) is 0.250. The van der Waals surface area contributed by atoms with Crippen LogP contribution in [0.3, 0.4) is 0 Å². The van der Waals surface area contributed by atoms with Gasteiger partial charge in [0, 0.05) is 64.7 Å². The second kappa shape index (κ2) is 8.77. The standard InChI is InChI=1S/C24H22Cl2N4OS/c1-16-2-5-19(26)12-22(16)28-8-10-29(11-9-28)23(31)13-20-15-32-24-27-21(14-30(20)24)17-3-6-18(25)7-4-17/h2-7,12,14-15H,8-11,13H2,1H3. The number of aryl methyl sites for hydroxylation is 1. The van der Waals surface area contributed by atoms with Crippen LogP contribution in [0.4, 0.5) is 5.69 Å². The molecule has 0 saturated carbocycles. The minimum atomic E-state index is 0.147. The largest absolute Gasteiger partial charge is 0.368 e. The van der Waals surface area contributed by atoms with E-state index in [1.165, 1.54) is 5.56 Å². The van der Waals surface area contributed by atoms with Crippen LogP contribution in [0.2, 0.25) is 10.0 Å². The lowest BCUT2D eigenvalue weighted by Gasteiger charge is -2.37. The zero-order valence-corrected chi connectivity index (χ0v) is 19.9. The van der Waals surface area contributed by atoms with E-state index in [4.69, 9.17) is 28.2 Å². The molecule has 5 nitrogen and oxygen atoms in total. The average Bonchev–Trinajstić information content (AvgIpc) is 3.38. The van der Waals surface area contributed by atoms with Crippen molar-refractivity contribution in [2.45, 2.75) is 13.3 Å². The van der Waals surface area contributed by atoms with Crippen LogP contribution in [0.15, 0.2) is 54.0 Å². The second-order valence-electron chi connectivity index (χ2n) is 7.99. The normalized spacial score (nSPS) is 14.3. The Morgan fingerprint density at radius 3 is 2.50 bits per heavy atom. The van der Waals surface area contributed by atoms with Crippen LogP contribution in [-0.4, -0.2) is 46.4 Å². The van der Waals surface area contributed by atoms with Crippen LogP contribution in [0.5, 0.6) is 0 Å². The molecule has 0 N–H and O–H groups in total. The molecule has 1 fully saturated rings. The number of rotatable bonds is 4. The Morgan fingerprint density at radius 1 is 1.03 bits per heavy atom. The number of carbonyl (C=O) groups is 1. The summed E-state index contributed by atoms with van der Waals surface area (Å²) in [5, 5.41) is 3.47. The number of anilines is 1. The maximum Gasteiger partial charge on any atom is 0.228 e. The van der Waals surface area contributed by atoms with Gasteiger partial charge in [0.15, 0.2) is 4.96 Å². The molecule has 1 aliphatic rings. The van der Waals surface area contributed by atoms with Gasteiger partial charge in [-0.25, -0.2) is 4.98 Å². The first kappa shape index (κ1) is 21.3. The number of amides is 1. The van der Waals surface area contributed by atoms with Crippen molar-refractivity contribution in [2.24, 2.45) is 0 Å². The quantitative estimate of drug-likeness (QED) is 0.380. The Labute approximate surface area is 200 Å². The van der Waals surface area contributed by atoms with Gasteiger partial charge in [0.2, 0.25) is 5.91 Å². The first-order chi connectivity index (χ1) is 15.5. The van der Waals surface area contributed by atoms with Gasteiger partial charge in [-0.3, -0.25) is 9.20 Å². The van der Waals surface area contributed by atoms with Crippen LogP contribution < -0.4 is 4.90 Å². The van der Waals surface area contributed by atoms with Gasteiger partial charge in [0.1, 0.15) is 0 Å². The number of aromatic nitrogens is 2. The lowest BCUT2D eigenvalue weighted by Crippen LogP contribution is -2.49. The molecule has 0 radical (unpaired) electrons. The van der Waals surface area contributed by atoms with E-state index in [9.17, 15) is 4.79 Å². The van der Waals surface area contributed by atoms with Crippen molar-refractivity contribution in [2.75, 3.05) is 31.1 Å². The Bertz CT molecular complexity index is 1270. The third kappa shape index (κ3) is 4.22. The summed E-state index contributed by atoms with van der Waals surface area (Å²) in [7, 11) is 0. The van der Waals surface area contributed by atoms with Crippen molar-refractivity contribution in [3.05, 3.63) is 75.3 Å². The van der Waals surface area contributed by atoms with Gasteiger partial charge < -0.3 is 9.80 Å². The highest BCUT2D eigenvalue weighted by Gasteiger charge is 2.23. The zero-order chi connectivity index (χ0) is 22.2. The molecule has 8 heteroatoms. The topological polar surface area (TPSA) is 40.8 Å². The summed E-state index contributed by atoms with van der Waals surface area (Å²) in [5.74, 6) is 0.147. The van der Waals surface area contributed by atoms with Crippen molar-refractivity contribution in [1.82, 2.24) is 14.3 Å². The summed E-state index contributed by atoms with van der Waals surface area (Å²) in [4.78, 5) is 22.9. The summed E-state index contributed by atoms with van der Waals surface area (Å²) in [6.07, 6.45) is 2.37. The molecule has 0 bridgehead atoms. The number of piperazine rings is 1. The summed E-state index contributed by atoms with van der Waals surface area (Å²) < 4.78 is 2.03. The van der Waals surface area contributed by atoms with E-state index in [2.05, 4.69) is 11.8 Å². The molecular weight excluding hydrogens is 463 g/mol. The third-order valence-electron chi connectivity index (χ3n) is 5.90. The number of halogens is 2. The van der Waals surface area contributed by atoms with Crippen LogP contribution in [0.1, 0.15) is 11.3 Å². The van der Waals surface area contributed by atoms with Crippen LogP contribution in [-0.2, 0) is 11.2 Å². The van der Waals surface area contributed by atoms with Crippen LogP contribution in [0, 0.1) is 6.92 Å². The highest BCUT2D eigenvalue weighted by molar-refractivity contribution is 7.15. The number of hydrogen-bond acceptors (Lipinski definition) is 4. The van der Waals surface area contributed by atoms with Crippen molar-refractivity contribution in [3.8, 4) is 11.3 Å². The number of carbonyl (C=O) groups excluding carboxylic acids is 1. The smallest absolute Gasteiger partial charge is 0.228 e.